The van der Waals surface area contributed by atoms with Crippen molar-refractivity contribution in [2.24, 2.45) is 23.7 Å². The van der Waals surface area contributed by atoms with E-state index >= 15 is 0 Å². The predicted molar refractivity (Wildman–Crippen MR) is 71.3 cm³/mol. The molecule has 1 aromatic heterocycles. The Labute approximate surface area is 120 Å². The monoisotopic (exact) mass is 283 g/mol. The van der Waals surface area contributed by atoms with E-state index in [1.807, 2.05) is 12.2 Å². The SMILES string of the molecule is O=C(NN1C(=O)[C@@H]2[C@@H](C1=O)[C@H]1C=C[C@H]2C1)c1cccnc1. The minimum Gasteiger partial charge on any atom is -0.272 e. The van der Waals surface area contributed by atoms with Crippen LogP contribution in [0.15, 0.2) is 36.7 Å². The standard InChI is InChI=1S/C15H13N3O3/c19-13(10-2-1-5-16-7-10)17-18-14(20)11-8-3-4-9(6-8)12(11)15(18)21/h1-5,7-9,11-12H,6H2,(H,17,19)/t8-,9-,11-,12-/m0/s1. The van der Waals surface area contributed by atoms with Gasteiger partial charge in [-0.1, -0.05) is 12.2 Å². The fourth-order valence-corrected chi connectivity index (χ4v) is 3.68. The number of imide groups is 1. The van der Waals surface area contributed by atoms with E-state index in [0.29, 0.717) is 5.56 Å². The summed E-state index contributed by atoms with van der Waals surface area (Å²) in [5.41, 5.74) is 2.74. The number of pyridine rings is 1. The number of carbonyl (C=O) groups is 3. The van der Waals surface area contributed by atoms with Crippen molar-refractivity contribution in [3.05, 3.63) is 42.2 Å². The molecule has 4 atom stereocenters. The third-order valence-corrected chi connectivity index (χ3v) is 4.61. The molecule has 1 aromatic rings. The van der Waals surface area contributed by atoms with Crippen LogP contribution >= 0.6 is 0 Å². The number of carbonyl (C=O) groups excluding carboxylic acids is 3. The van der Waals surface area contributed by atoms with Crippen molar-refractivity contribution >= 4 is 17.7 Å². The van der Waals surface area contributed by atoms with Crippen LogP contribution in [0, 0.1) is 23.7 Å². The van der Waals surface area contributed by atoms with Gasteiger partial charge in [0.1, 0.15) is 0 Å². The third kappa shape index (κ3) is 1.65. The topological polar surface area (TPSA) is 79.4 Å². The molecule has 2 bridgehead atoms. The van der Waals surface area contributed by atoms with E-state index in [0.717, 1.165) is 11.4 Å². The molecule has 6 nitrogen and oxygen atoms in total. The van der Waals surface area contributed by atoms with Crippen LogP contribution in [0.2, 0.25) is 0 Å². The summed E-state index contributed by atoms with van der Waals surface area (Å²) < 4.78 is 0. The molecule has 2 fully saturated rings. The normalized spacial score (nSPS) is 32.7. The summed E-state index contributed by atoms with van der Waals surface area (Å²) in [6.07, 6.45) is 7.85. The van der Waals surface area contributed by atoms with Gasteiger partial charge in [0.2, 0.25) is 0 Å². The second kappa shape index (κ2) is 4.25. The third-order valence-electron chi connectivity index (χ3n) is 4.61. The Morgan fingerprint density at radius 3 is 2.43 bits per heavy atom. The van der Waals surface area contributed by atoms with Crippen molar-refractivity contribution in [2.75, 3.05) is 0 Å². The van der Waals surface area contributed by atoms with Crippen molar-refractivity contribution < 1.29 is 14.4 Å². The Kier molecular flexibility index (Phi) is 2.48. The van der Waals surface area contributed by atoms with E-state index in [9.17, 15) is 14.4 Å². The van der Waals surface area contributed by atoms with Crippen LogP contribution in [0.4, 0.5) is 0 Å². The van der Waals surface area contributed by atoms with Gasteiger partial charge >= 0.3 is 0 Å². The number of aromatic nitrogens is 1. The number of nitrogens with one attached hydrogen (secondary N) is 1. The van der Waals surface area contributed by atoms with Crippen LogP contribution in [0.1, 0.15) is 16.8 Å². The molecule has 1 saturated heterocycles. The molecule has 0 unspecified atom stereocenters. The highest BCUT2D eigenvalue weighted by atomic mass is 16.2. The zero-order valence-electron chi connectivity index (χ0n) is 11.1. The summed E-state index contributed by atoms with van der Waals surface area (Å²) in [4.78, 5) is 40.7. The van der Waals surface area contributed by atoms with Gasteiger partial charge < -0.3 is 0 Å². The average molecular weight is 283 g/mol. The number of nitrogens with zero attached hydrogens (tertiary/aromatic N) is 2. The van der Waals surface area contributed by atoms with E-state index in [2.05, 4.69) is 10.4 Å². The van der Waals surface area contributed by atoms with Gasteiger partial charge in [-0.25, -0.2) is 0 Å². The Hall–Kier alpha value is -2.50. The van der Waals surface area contributed by atoms with Gasteiger partial charge in [0.05, 0.1) is 17.4 Å². The molecule has 3 aliphatic rings. The number of amides is 3. The molecule has 1 saturated carbocycles. The van der Waals surface area contributed by atoms with Gasteiger partial charge in [-0.3, -0.25) is 24.8 Å². The molecule has 2 aliphatic carbocycles. The number of fused-ring (bicyclic) bond motifs is 5. The van der Waals surface area contributed by atoms with Crippen molar-refractivity contribution in [3.63, 3.8) is 0 Å². The minimum atomic E-state index is -0.495. The molecule has 0 radical (unpaired) electrons. The maximum atomic E-state index is 12.4. The first-order chi connectivity index (χ1) is 10.2. The molecule has 2 heterocycles. The number of rotatable bonds is 2. The Bertz CT molecular complexity index is 640. The van der Waals surface area contributed by atoms with E-state index in [-0.39, 0.29) is 35.5 Å². The molecule has 106 valence electrons. The summed E-state index contributed by atoms with van der Waals surface area (Å²) in [5.74, 6) is -1.42. The largest absolute Gasteiger partial charge is 0.272 e. The number of hydrogen-bond donors (Lipinski definition) is 1. The zero-order chi connectivity index (χ0) is 14.6. The van der Waals surface area contributed by atoms with Gasteiger partial charge in [0.25, 0.3) is 17.7 Å². The summed E-state index contributed by atoms with van der Waals surface area (Å²) in [5, 5.41) is 0.900. The fraction of sp³-hybridized carbons (Fsp3) is 0.333. The maximum Gasteiger partial charge on any atom is 0.271 e. The second-order valence-corrected chi connectivity index (χ2v) is 5.69. The summed E-state index contributed by atoms with van der Waals surface area (Å²) >= 11 is 0. The Morgan fingerprint density at radius 2 is 1.86 bits per heavy atom. The van der Waals surface area contributed by atoms with Crippen molar-refractivity contribution in [2.45, 2.75) is 6.42 Å². The van der Waals surface area contributed by atoms with Crippen LogP contribution < -0.4 is 5.43 Å². The van der Waals surface area contributed by atoms with Crippen molar-refractivity contribution in [3.8, 4) is 0 Å². The second-order valence-electron chi connectivity index (χ2n) is 5.69. The van der Waals surface area contributed by atoms with Gasteiger partial charge in [-0.05, 0) is 30.4 Å². The molecular weight excluding hydrogens is 270 g/mol. The lowest BCUT2D eigenvalue weighted by Gasteiger charge is -2.17. The quantitative estimate of drug-likeness (QED) is 0.634. The Balaban J connectivity index is 1.56. The summed E-state index contributed by atoms with van der Waals surface area (Å²) in [6, 6.07) is 3.21. The molecule has 21 heavy (non-hydrogen) atoms. The first-order valence-electron chi connectivity index (χ1n) is 6.94. The molecular formula is C15H13N3O3. The first-order valence-corrected chi connectivity index (χ1v) is 6.94. The van der Waals surface area contributed by atoms with Gasteiger partial charge in [-0.15, -0.1) is 0 Å². The molecule has 1 aliphatic heterocycles. The lowest BCUT2D eigenvalue weighted by molar-refractivity contribution is -0.143. The van der Waals surface area contributed by atoms with Crippen LogP contribution in [0.3, 0.4) is 0 Å². The van der Waals surface area contributed by atoms with Gasteiger partial charge in [-0.2, -0.15) is 5.01 Å². The van der Waals surface area contributed by atoms with Crippen LogP contribution in [0.5, 0.6) is 0 Å². The van der Waals surface area contributed by atoms with Crippen LogP contribution in [0.25, 0.3) is 0 Å². The summed E-state index contributed by atoms with van der Waals surface area (Å²) in [6.45, 7) is 0. The number of allylic oxidation sites excluding steroid dienone is 2. The minimum absolute atomic E-state index is 0.136. The number of hydrazine groups is 1. The predicted octanol–water partition coefficient (Wildman–Crippen LogP) is 0.533. The average Bonchev–Trinajstić information content (AvgIpc) is 3.18. The molecule has 3 amide bonds. The maximum absolute atomic E-state index is 12.4. The molecule has 6 heteroatoms. The van der Waals surface area contributed by atoms with Gasteiger partial charge in [0.15, 0.2) is 0 Å². The van der Waals surface area contributed by atoms with Crippen LogP contribution in [-0.2, 0) is 9.59 Å². The lowest BCUT2D eigenvalue weighted by Crippen LogP contribution is -2.47. The van der Waals surface area contributed by atoms with Crippen LogP contribution in [-0.4, -0.2) is 27.7 Å². The van der Waals surface area contributed by atoms with E-state index in [4.69, 9.17) is 0 Å². The van der Waals surface area contributed by atoms with Gasteiger partial charge in [0, 0.05) is 12.4 Å². The highest BCUT2D eigenvalue weighted by Crippen LogP contribution is 2.52. The van der Waals surface area contributed by atoms with E-state index < -0.39 is 5.91 Å². The molecule has 1 N–H and O–H groups in total. The molecule has 0 spiro atoms. The molecule has 4 rings (SSSR count). The smallest absolute Gasteiger partial charge is 0.271 e. The fourth-order valence-electron chi connectivity index (χ4n) is 3.68. The van der Waals surface area contributed by atoms with E-state index in [1.165, 1.54) is 6.20 Å². The highest BCUT2D eigenvalue weighted by molar-refractivity contribution is 6.08. The van der Waals surface area contributed by atoms with Crippen molar-refractivity contribution in [1.29, 1.82) is 0 Å². The highest BCUT2D eigenvalue weighted by Gasteiger charge is 2.59. The number of hydrogen-bond acceptors (Lipinski definition) is 4. The Morgan fingerprint density at radius 1 is 1.19 bits per heavy atom. The molecule has 0 aromatic carbocycles. The van der Waals surface area contributed by atoms with Crippen molar-refractivity contribution in [1.82, 2.24) is 15.4 Å². The summed E-state index contributed by atoms with van der Waals surface area (Å²) in [7, 11) is 0. The first kappa shape index (κ1) is 12.3. The zero-order valence-corrected chi connectivity index (χ0v) is 11.1. The lowest BCUT2D eigenvalue weighted by atomic mass is 9.85. The van der Waals surface area contributed by atoms with E-state index in [1.54, 1.807) is 18.3 Å².